The summed E-state index contributed by atoms with van der Waals surface area (Å²) in [4.78, 5) is 7.09. The van der Waals surface area contributed by atoms with Crippen molar-refractivity contribution in [2.24, 2.45) is 4.99 Å². The monoisotopic (exact) mass is 518 g/mol. The summed E-state index contributed by atoms with van der Waals surface area (Å²) < 4.78 is 12.3. The summed E-state index contributed by atoms with van der Waals surface area (Å²) in [6.07, 6.45) is 2.22. The zero-order chi connectivity index (χ0) is 19.5. The molecule has 1 unspecified atom stereocenters. The van der Waals surface area contributed by atoms with Crippen LogP contribution in [-0.4, -0.2) is 59.6 Å². The molecular weight excluding hydrogens is 483 g/mol. The fourth-order valence-corrected chi connectivity index (χ4v) is 4.23. The van der Waals surface area contributed by atoms with E-state index < -0.39 is 10.8 Å². The van der Waals surface area contributed by atoms with Crippen LogP contribution in [-0.2, 0) is 16.6 Å². The Labute approximate surface area is 189 Å². The minimum atomic E-state index is -0.886. The number of hydrogen-bond acceptors (Lipinski definition) is 3. The van der Waals surface area contributed by atoms with Gasteiger partial charge in [0.05, 0.1) is 6.54 Å². The zero-order valence-corrected chi connectivity index (χ0v) is 20.3. The van der Waals surface area contributed by atoms with Gasteiger partial charge in [0.2, 0.25) is 0 Å². The Kier molecular flexibility index (Phi) is 12.7. The molecule has 1 saturated heterocycles. The topological polar surface area (TPSA) is 56.7 Å². The van der Waals surface area contributed by atoms with E-state index in [9.17, 15) is 4.21 Å². The normalized spacial score (nSPS) is 16.9. The third kappa shape index (κ3) is 10.0. The maximum atomic E-state index is 12.3. The molecule has 0 aromatic heterocycles. The van der Waals surface area contributed by atoms with E-state index in [-0.39, 0.29) is 24.0 Å². The second-order valence-corrected chi connectivity index (χ2v) is 8.76. The number of nitrogens with zero attached hydrogens (tertiary/aromatic N) is 2. The Bertz CT molecular complexity index is 631. The minimum absolute atomic E-state index is 0. The summed E-state index contributed by atoms with van der Waals surface area (Å²) in [5, 5.41) is 6.85. The van der Waals surface area contributed by atoms with Gasteiger partial charge in [-0.25, -0.2) is 0 Å². The van der Waals surface area contributed by atoms with Gasteiger partial charge in [0.25, 0.3) is 0 Å². The average Bonchev–Trinajstić information content (AvgIpc) is 2.64. The number of piperidine rings is 1. The second kappa shape index (κ2) is 14.1. The quantitative estimate of drug-likeness (QED) is 0.228. The van der Waals surface area contributed by atoms with Gasteiger partial charge in [-0.3, -0.25) is 14.1 Å². The van der Waals surface area contributed by atoms with Crippen molar-refractivity contribution in [3.05, 3.63) is 48.0 Å². The molecule has 1 heterocycles. The van der Waals surface area contributed by atoms with Gasteiger partial charge in [-0.05, 0) is 32.3 Å². The smallest absolute Gasteiger partial charge is 0.191 e. The van der Waals surface area contributed by atoms with E-state index in [0.717, 1.165) is 50.5 Å². The lowest BCUT2D eigenvalue weighted by Crippen LogP contribution is -2.49. The van der Waals surface area contributed by atoms with Gasteiger partial charge in [-0.1, -0.05) is 42.5 Å². The molecule has 0 bridgehead atoms. The number of likely N-dealkylation sites (tertiary alicyclic amines) is 1. The molecule has 0 radical (unpaired) electrons. The highest BCUT2D eigenvalue weighted by atomic mass is 127. The molecule has 158 valence electrons. The number of guanidine groups is 1. The minimum Gasteiger partial charge on any atom is -0.357 e. The summed E-state index contributed by atoms with van der Waals surface area (Å²) in [6, 6.07) is 10.4. The molecule has 1 aliphatic rings. The van der Waals surface area contributed by atoms with Crippen LogP contribution in [0.1, 0.15) is 32.3 Å². The predicted molar refractivity (Wildman–Crippen MR) is 132 cm³/mol. The average molecular weight is 519 g/mol. The first kappa shape index (κ1) is 25.1. The van der Waals surface area contributed by atoms with Gasteiger partial charge in [0.1, 0.15) is 0 Å². The van der Waals surface area contributed by atoms with Crippen LogP contribution in [0.25, 0.3) is 0 Å². The predicted octanol–water partition coefficient (Wildman–Crippen LogP) is 3.15. The van der Waals surface area contributed by atoms with Gasteiger partial charge in [-0.2, -0.15) is 0 Å². The molecule has 0 spiro atoms. The molecule has 1 fully saturated rings. The first-order valence-corrected chi connectivity index (χ1v) is 11.4. The van der Waals surface area contributed by atoms with Gasteiger partial charge in [0.15, 0.2) is 5.96 Å². The van der Waals surface area contributed by atoms with Crippen LogP contribution in [0.15, 0.2) is 47.5 Å². The Morgan fingerprint density at radius 3 is 2.57 bits per heavy atom. The third-order valence-electron chi connectivity index (χ3n) is 4.53. The van der Waals surface area contributed by atoms with Crippen LogP contribution in [0.5, 0.6) is 0 Å². The summed E-state index contributed by atoms with van der Waals surface area (Å²) in [5.41, 5.74) is 2.34. The van der Waals surface area contributed by atoms with E-state index >= 15 is 0 Å². The van der Waals surface area contributed by atoms with Crippen LogP contribution >= 0.6 is 24.0 Å². The molecule has 1 aliphatic heterocycles. The van der Waals surface area contributed by atoms with E-state index in [0.29, 0.717) is 24.1 Å². The lowest BCUT2D eigenvalue weighted by molar-refractivity contribution is 0.221. The number of halogens is 1. The van der Waals surface area contributed by atoms with Gasteiger partial charge >= 0.3 is 0 Å². The molecule has 7 heteroatoms. The molecule has 2 N–H and O–H groups in total. The third-order valence-corrected chi connectivity index (χ3v) is 5.82. The summed E-state index contributed by atoms with van der Waals surface area (Å²) in [5.74, 6) is 2.02. The van der Waals surface area contributed by atoms with E-state index in [1.165, 1.54) is 5.57 Å². The molecule has 1 aromatic carbocycles. The first-order chi connectivity index (χ1) is 13.1. The van der Waals surface area contributed by atoms with E-state index in [1.54, 1.807) is 0 Å². The maximum Gasteiger partial charge on any atom is 0.191 e. The van der Waals surface area contributed by atoms with E-state index in [2.05, 4.69) is 41.0 Å². The lowest BCUT2D eigenvalue weighted by atomic mass is 10.0. The first-order valence-electron chi connectivity index (χ1n) is 9.87. The van der Waals surface area contributed by atoms with Gasteiger partial charge in [-0.15, -0.1) is 24.0 Å². The van der Waals surface area contributed by atoms with Crippen molar-refractivity contribution in [3.63, 3.8) is 0 Å². The van der Waals surface area contributed by atoms with Crippen molar-refractivity contribution < 1.29 is 4.21 Å². The van der Waals surface area contributed by atoms with Crippen molar-refractivity contribution in [2.75, 3.05) is 38.5 Å². The molecule has 28 heavy (non-hydrogen) atoms. The largest absolute Gasteiger partial charge is 0.357 e. The highest BCUT2D eigenvalue weighted by molar-refractivity contribution is 14.0. The standard InChI is InChI=1S/C21H34N4OS.HI/c1-4-22-21(24-20-10-13-25(14-11-20)16-18(2)3)23-12-15-27(26)17-19-8-6-5-7-9-19;/h5-9,20H,2,4,10-17H2,1,3H3,(H2,22,23,24);1H. The van der Waals surface area contributed by atoms with Crippen LogP contribution in [0, 0.1) is 0 Å². The molecule has 1 aromatic rings. The molecule has 2 rings (SSSR count). The number of aliphatic imine (C=N–C) groups is 1. The lowest BCUT2D eigenvalue weighted by Gasteiger charge is -2.33. The highest BCUT2D eigenvalue weighted by Gasteiger charge is 2.19. The molecule has 0 saturated carbocycles. The van der Waals surface area contributed by atoms with Crippen molar-refractivity contribution in [2.45, 2.75) is 38.5 Å². The number of hydrogen-bond donors (Lipinski definition) is 2. The van der Waals surface area contributed by atoms with Crippen molar-refractivity contribution >= 4 is 40.7 Å². The molecule has 1 atom stereocenters. The van der Waals surface area contributed by atoms with E-state index in [1.807, 2.05) is 30.3 Å². The Balaban J connectivity index is 0.00000392. The Hall–Kier alpha value is -0.930. The molecule has 5 nitrogen and oxygen atoms in total. The zero-order valence-electron chi connectivity index (χ0n) is 17.2. The summed E-state index contributed by atoms with van der Waals surface area (Å²) >= 11 is 0. The van der Waals surface area contributed by atoms with Gasteiger partial charge < -0.3 is 10.6 Å². The fourth-order valence-electron chi connectivity index (χ4n) is 3.22. The Morgan fingerprint density at radius 1 is 1.29 bits per heavy atom. The van der Waals surface area contributed by atoms with Crippen LogP contribution in [0.4, 0.5) is 0 Å². The number of benzene rings is 1. The summed E-state index contributed by atoms with van der Waals surface area (Å²) in [6.45, 7) is 12.7. The van der Waals surface area contributed by atoms with E-state index in [4.69, 9.17) is 0 Å². The second-order valence-electron chi connectivity index (χ2n) is 7.19. The highest BCUT2D eigenvalue weighted by Crippen LogP contribution is 2.11. The van der Waals surface area contributed by atoms with Gasteiger partial charge in [0, 0.05) is 54.5 Å². The van der Waals surface area contributed by atoms with Crippen molar-refractivity contribution in [1.29, 1.82) is 0 Å². The molecular formula is C21H35IN4OS. The fraction of sp³-hybridized carbons (Fsp3) is 0.571. The Morgan fingerprint density at radius 2 is 1.96 bits per heavy atom. The van der Waals surface area contributed by atoms with Crippen LogP contribution in [0.2, 0.25) is 0 Å². The van der Waals surface area contributed by atoms with Crippen molar-refractivity contribution in [1.82, 2.24) is 15.5 Å². The molecule has 0 aliphatic carbocycles. The SMILES string of the molecule is C=C(C)CN1CCC(NC(=NCCS(=O)Cc2ccccc2)NCC)CC1.I. The molecule has 0 amide bonds. The number of rotatable bonds is 9. The van der Waals surface area contributed by atoms with Crippen molar-refractivity contribution in [3.8, 4) is 0 Å². The number of nitrogens with one attached hydrogen (secondary N) is 2. The summed E-state index contributed by atoms with van der Waals surface area (Å²) in [7, 11) is -0.886. The van der Waals surface area contributed by atoms with Crippen LogP contribution in [0.3, 0.4) is 0 Å². The maximum absolute atomic E-state index is 12.3. The van der Waals surface area contributed by atoms with Crippen LogP contribution < -0.4 is 10.6 Å².